The fraction of sp³-hybridized carbons (Fsp3) is 1.00. The second kappa shape index (κ2) is 5.96. The molecule has 2 N–H and O–H groups in total. The van der Waals surface area contributed by atoms with Crippen LogP contribution in [0.15, 0.2) is 0 Å². The van der Waals surface area contributed by atoms with Crippen molar-refractivity contribution in [3.05, 3.63) is 0 Å². The number of ether oxygens (including phenoxy) is 2. The van der Waals surface area contributed by atoms with Crippen LogP contribution in [0.1, 0.15) is 26.2 Å². The number of nitrogens with two attached hydrogens (primary N) is 1. The molecule has 4 heteroatoms. The van der Waals surface area contributed by atoms with E-state index in [0.717, 1.165) is 39.1 Å². The Hall–Kier alpha value is -0.160. The van der Waals surface area contributed by atoms with Crippen molar-refractivity contribution in [2.75, 3.05) is 32.8 Å². The quantitative estimate of drug-likeness (QED) is 0.768. The van der Waals surface area contributed by atoms with Gasteiger partial charge in [0.2, 0.25) is 0 Å². The fourth-order valence-electron chi connectivity index (χ4n) is 2.75. The maximum atomic E-state index is 5.95. The van der Waals surface area contributed by atoms with Crippen LogP contribution in [0.5, 0.6) is 0 Å². The van der Waals surface area contributed by atoms with Gasteiger partial charge in [-0.2, -0.15) is 0 Å². The molecule has 0 aromatic rings. The molecule has 0 bridgehead atoms. The van der Waals surface area contributed by atoms with Crippen LogP contribution in [-0.4, -0.2) is 56.0 Å². The number of hydrogen-bond donors (Lipinski definition) is 1. The van der Waals surface area contributed by atoms with Crippen LogP contribution in [-0.2, 0) is 9.47 Å². The van der Waals surface area contributed by atoms with E-state index in [4.69, 9.17) is 15.2 Å². The Bertz CT molecular complexity index is 205. The average Bonchev–Trinajstić information content (AvgIpc) is 2.55. The van der Waals surface area contributed by atoms with E-state index in [0.29, 0.717) is 24.8 Å². The van der Waals surface area contributed by atoms with E-state index < -0.39 is 0 Å². The molecular weight excluding hydrogens is 204 g/mol. The Morgan fingerprint density at radius 2 is 2.19 bits per heavy atom. The summed E-state index contributed by atoms with van der Waals surface area (Å²) < 4.78 is 11.4. The molecule has 4 nitrogen and oxygen atoms in total. The van der Waals surface area contributed by atoms with Crippen molar-refractivity contribution in [1.82, 2.24) is 4.90 Å². The summed E-state index contributed by atoms with van der Waals surface area (Å²) in [6.45, 7) is 6.65. The van der Waals surface area contributed by atoms with Gasteiger partial charge in [0.15, 0.2) is 0 Å². The van der Waals surface area contributed by atoms with E-state index >= 15 is 0 Å². The van der Waals surface area contributed by atoms with Gasteiger partial charge >= 0.3 is 0 Å². The normalized spacial score (nSPS) is 34.9. The van der Waals surface area contributed by atoms with Crippen LogP contribution in [0.2, 0.25) is 0 Å². The summed E-state index contributed by atoms with van der Waals surface area (Å²) in [5.41, 5.74) is 5.92. The molecule has 2 aliphatic heterocycles. The largest absolute Gasteiger partial charge is 0.380 e. The van der Waals surface area contributed by atoms with Crippen molar-refractivity contribution in [2.45, 2.75) is 44.4 Å². The van der Waals surface area contributed by atoms with Crippen LogP contribution in [0.3, 0.4) is 0 Å². The predicted octanol–water partition coefficient (Wildman–Crippen LogP) is 0.604. The third kappa shape index (κ3) is 2.94. The molecule has 2 saturated heterocycles. The molecule has 0 saturated carbocycles. The third-order valence-corrected chi connectivity index (χ3v) is 3.66. The predicted molar refractivity (Wildman–Crippen MR) is 63.4 cm³/mol. The first-order valence-corrected chi connectivity index (χ1v) is 6.48. The van der Waals surface area contributed by atoms with Crippen molar-refractivity contribution < 1.29 is 9.47 Å². The summed E-state index contributed by atoms with van der Waals surface area (Å²) in [4.78, 5) is 2.45. The van der Waals surface area contributed by atoms with Gasteiger partial charge in [0, 0.05) is 32.3 Å². The fourth-order valence-corrected chi connectivity index (χ4v) is 2.75. The van der Waals surface area contributed by atoms with Gasteiger partial charge in [0.1, 0.15) is 0 Å². The summed E-state index contributed by atoms with van der Waals surface area (Å²) >= 11 is 0. The lowest BCUT2D eigenvalue weighted by Crippen LogP contribution is -2.49. The molecule has 2 heterocycles. The highest BCUT2D eigenvalue weighted by molar-refractivity contribution is 4.86. The molecule has 0 aliphatic carbocycles. The van der Waals surface area contributed by atoms with Crippen LogP contribution in [0.25, 0.3) is 0 Å². The van der Waals surface area contributed by atoms with E-state index in [-0.39, 0.29) is 0 Å². The lowest BCUT2D eigenvalue weighted by Gasteiger charge is -2.33. The Morgan fingerprint density at radius 1 is 1.31 bits per heavy atom. The topological polar surface area (TPSA) is 47.7 Å². The molecule has 0 aromatic heterocycles. The Labute approximate surface area is 98.1 Å². The molecular formula is C12H24N2O2. The highest BCUT2D eigenvalue weighted by Crippen LogP contribution is 2.24. The van der Waals surface area contributed by atoms with Gasteiger partial charge in [-0.05, 0) is 26.2 Å². The molecule has 0 amide bonds. The first-order valence-electron chi connectivity index (χ1n) is 6.48. The molecule has 3 unspecified atom stereocenters. The first kappa shape index (κ1) is 12.3. The van der Waals surface area contributed by atoms with E-state index in [2.05, 4.69) is 11.8 Å². The maximum Gasteiger partial charge on any atom is 0.0747 e. The van der Waals surface area contributed by atoms with Crippen LogP contribution in [0, 0.1) is 0 Å². The summed E-state index contributed by atoms with van der Waals surface area (Å²) in [6.07, 6.45) is 4.17. The number of nitrogens with zero attached hydrogens (tertiary/aromatic N) is 1. The molecule has 2 fully saturated rings. The van der Waals surface area contributed by atoms with Crippen molar-refractivity contribution in [2.24, 2.45) is 5.73 Å². The van der Waals surface area contributed by atoms with Crippen LogP contribution >= 0.6 is 0 Å². The van der Waals surface area contributed by atoms with Gasteiger partial charge in [-0.15, -0.1) is 0 Å². The van der Waals surface area contributed by atoms with Crippen LogP contribution in [0.4, 0.5) is 0 Å². The minimum absolute atomic E-state index is 0.332. The summed E-state index contributed by atoms with van der Waals surface area (Å²) in [7, 11) is 0. The number of hydrogen-bond acceptors (Lipinski definition) is 4. The molecule has 16 heavy (non-hydrogen) atoms. The molecule has 94 valence electrons. The molecule has 0 spiro atoms. The second-order valence-electron chi connectivity index (χ2n) is 4.87. The molecule has 2 aliphatic rings. The smallest absolute Gasteiger partial charge is 0.0747 e. The Morgan fingerprint density at radius 3 is 2.88 bits per heavy atom. The van der Waals surface area contributed by atoms with Crippen LogP contribution < -0.4 is 5.73 Å². The van der Waals surface area contributed by atoms with Crippen molar-refractivity contribution in [3.8, 4) is 0 Å². The zero-order valence-corrected chi connectivity index (χ0v) is 10.2. The van der Waals surface area contributed by atoms with Crippen molar-refractivity contribution in [1.29, 1.82) is 0 Å². The van der Waals surface area contributed by atoms with E-state index in [1.807, 2.05) is 0 Å². The molecule has 0 aromatic carbocycles. The monoisotopic (exact) mass is 228 g/mol. The van der Waals surface area contributed by atoms with Crippen molar-refractivity contribution in [3.63, 3.8) is 0 Å². The SMILES string of the molecule is CC1CCC(C(CN)N2CCCOCC2)O1. The standard InChI is InChI=1S/C12H24N2O2/c1-10-3-4-12(16-10)11(9-13)14-5-2-7-15-8-6-14/h10-12H,2-9,13H2,1H3. The number of rotatable bonds is 3. The third-order valence-electron chi connectivity index (χ3n) is 3.66. The summed E-state index contributed by atoms with van der Waals surface area (Å²) in [5, 5.41) is 0. The lowest BCUT2D eigenvalue weighted by atomic mass is 10.1. The maximum absolute atomic E-state index is 5.95. The lowest BCUT2D eigenvalue weighted by molar-refractivity contribution is -0.00475. The summed E-state index contributed by atoms with van der Waals surface area (Å²) in [6, 6.07) is 0.381. The van der Waals surface area contributed by atoms with E-state index in [1.165, 1.54) is 6.42 Å². The highest BCUT2D eigenvalue weighted by Gasteiger charge is 2.32. The van der Waals surface area contributed by atoms with Gasteiger partial charge in [0.05, 0.1) is 18.8 Å². The van der Waals surface area contributed by atoms with E-state index in [1.54, 1.807) is 0 Å². The average molecular weight is 228 g/mol. The molecule has 3 atom stereocenters. The van der Waals surface area contributed by atoms with Gasteiger partial charge in [-0.1, -0.05) is 0 Å². The van der Waals surface area contributed by atoms with E-state index in [9.17, 15) is 0 Å². The van der Waals surface area contributed by atoms with Gasteiger partial charge in [-0.3, -0.25) is 4.90 Å². The van der Waals surface area contributed by atoms with Gasteiger partial charge in [-0.25, -0.2) is 0 Å². The molecule has 2 rings (SSSR count). The Kier molecular flexibility index (Phi) is 4.58. The molecule has 0 radical (unpaired) electrons. The Balaban J connectivity index is 1.92. The minimum Gasteiger partial charge on any atom is -0.380 e. The minimum atomic E-state index is 0.332. The highest BCUT2D eigenvalue weighted by atomic mass is 16.5. The van der Waals surface area contributed by atoms with Crippen molar-refractivity contribution >= 4 is 0 Å². The second-order valence-corrected chi connectivity index (χ2v) is 4.87. The van der Waals surface area contributed by atoms with Gasteiger partial charge in [0.25, 0.3) is 0 Å². The van der Waals surface area contributed by atoms with Gasteiger partial charge < -0.3 is 15.2 Å². The summed E-state index contributed by atoms with van der Waals surface area (Å²) in [5.74, 6) is 0. The first-order chi connectivity index (χ1) is 7.81. The zero-order valence-electron chi connectivity index (χ0n) is 10.2. The zero-order chi connectivity index (χ0) is 11.4.